The molecule has 0 amide bonds. The predicted octanol–water partition coefficient (Wildman–Crippen LogP) is 2.62. The quantitative estimate of drug-likeness (QED) is 0.410. The van der Waals surface area contributed by atoms with E-state index < -0.39 is 17.2 Å². The van der Waals surface area contributed by atoms with Gasteiger partial charge in [0.15, 0.2) is 0 Å². The zero-order chi connectivity index (χ0) is 30.7. The van der Waals surface area contributed by atoms with Crippen molar-refractivity contribution >= 4 is 22.3 Å². The number of β-amino-alcohol motifs (C(OH)–C–C–N with tert-alkyl or cyclic N) is 1. The number of hydrogen-bond acceptors (Lipinski definition) is 14. The molecule has 6 heterocycles. The molecule has 0 aromatic carbocycles. The molecule has 3 N–H and O–H groups in total. The van der Waals surface area contributed by atoms with Gasteiger partial charge in [0.25, 0.3) is 0 Å². The number of nitrogens with zero attached hydrogens (tertiary/aromatic N) is 8. The first-order valence-electron chi connectivity index (χ1n) is 15.1. The van der Waals surface area contributed by atoms with E-state index in [0.717, 1.165) is 42.7 Å². The number of rotatable bonds is 6. The van der Waals surface area contributed by atoms with Gasteiger partial charge in [-0.05, 0) is 52.5 Å². The van der Waals surface area contributed by atoms with Gasteiger partial charge in [0.1, 0.15) is 29.4 Å². The van der Waals surface area contributed by atoms with Gasteiger partial charge in [0.2, 0.25) is 23.5 Å². The van der Waals surface area contributed by atoms with Crippen LogP contribution in [0.25, 0.3) is 11.6 Å². The first kappa shape index (κ1) is 29.3. The number of ether oxygens (including phenoxy) is 2. The third kappa shape index (κ3) is 5.07. The summed E-state index contributed by atoms with van der Waals surface area (Å²) >= 11 is 1.44. The number of aliphatic hydroxyl groups is 1. The summed E-state index contributed by atoms with van der Waals surface area (Å²) in [5.41, 5.74) is 5.30. The molecule has 3 aromatic rings. The van der Waals surface area contributed by atoms with Gasteiger partial charge in [-0.3, -0.25) is 4.90 Å². The van der Waals surface area contributed by atoms with Crippen LogP contribution in [0, 0.1) is 11.3 Å². The van der Waals surface area contributed by atoms with Crippen LogP contribution >= 0.6 is 11.3 Å². The van der Waals surface area contributed by atoms with Crippen LogP contribution in [0.2, 0.25) is 0 Å². The molecule has 4 aliphatic rings. The van der Waals surface area contributed by atoms with Gasteiger partial charge >= 0.3 is 6.01 Å². The van der Waals surface area contributed by atoms with Crippen molar-refractivity contribution in [1.82, 2.24) is 30.0 Å². The van der Waals surface area contributed by atoms with Crippen molar-refractivity contribution in [3.8, 4) is 23.7 Å². The van der Waals surface area contributed by atoms with Crippen molar-refractivity contribution in [2.24, 2.45) is 0 Å². The fourth-order valence-corrected chi connectivity index (χ4v) is 8.51. The molecular weight excluding hydrogens is 589 g/mol. The second kappa shape index (κ2) is 10.9. The first-order valence-corrected chi connectivity index (χ1v) is 15.9. The van der Waals surface area contributed by atoms with E-state index in [4.69, 9.17) is 24.7 Å². The molecule has 3 saturated heterocycles. The van der Waals surface area contributed by atoms with Crippen LogP contribution in [-0.4, -0.2) is 98.4 Å². The summed E-state index contributed by atoms with van der Waals surface area (Å²) in [5.74, 6) is 0.914. The highest BCUT2D eigenvalue weighted by atomic mass is 32.1. The molecule has 0 saturated carbocycles. The molecule has 0 unspecified atom stereocenters. The minimum absolute atomic E-state index is 0.0632. The summed E-state index contributed by atoms with van der Waals surface area (Å²) < 4.78 is 32.1. The van der Waals surface area contributed by atoms with Crippen LogP contribution in [0.5, 0.6) is 6.01 Å². The summed E-state index contributed by atoms with van der Waals surface area (Å²) in [6.07, 6.45) is 3.79. The summed E-state index contributed by atoms with van der Waals surface area (Å²) in [7, 11) is 0. The van der Waals surface area contributed by atoms with Crippen molar-refractivity contribution in [3.63, 3.8) is 0 Å². The third-order valence-corrected chi connectivity index (χ3v) is 10.5. The standard InChI is InChI=1S/C29H36FN9O4S/c1-27(40)14-38(9-10-41-15-27)25-34-22(35-26(36-25)42-16-29-7-4-8-39(29)13-17(30)11-29)23-33-24(43-37-23)28(2)6-3-5-19-20(28)18(12-31)21(32)44-19/h17,40H,3-11,13-16,32H2,1-2H3/t17-,27-,28+,29+/m1/s1. The molecule has 15 heteroatoms. The molecule has 0 bridgehead atoms. The summed E-state index contributed by atoms with van der Waals surface area (Å²) in [4.78, 5) is 23.7. The lowest BCUT2D eigenvalue weighted by Crippen LogP contribution is -2.44. The minimum Gasteiger partial charge on any atom is -0.461 e. The Kier molecular flexibility index (Phi) is 7.23. The Balaban J connectivity index is 1.25. The molecule has 1 aliphatic carbocycles. The Morgan fingerprint density at radius 3 is 2.89 bits per heavy atom. The number of nitriles is 1. The Morgan fingerprint density at radius 1 is 1.18 bits per heavy atom. The number of alkyl halides is 1. The number of aromatic nitrogens is 5. The van der Waals surface area contributed by atoms with E-state index in [1.54, 1.807) is 6.92 Å². The number of aryl methyl sites for hydroxylation is 1. The third-order valence-electron chi connectivity index (χ3n) is 9.42. The lowest BCUT2D eigenvalue weighted by atomic mass is 9.72. The molecule has 13 nitrogen and oxygen atoms in total. The smallest absolute Gasteiger partial charge is 0.321 e. The van der Waals surface area contributed by atoms with Gasteiger partial charge in [-0.2, -0.15) is 25.2 Å². The average Bonchev–Trinajstić information content (AvgIpc) is 3.73. The zero-order valence-corrected chi connectivity index (χ0v) is 25.7. The molecule has 0 radical (unpaired) electrons. The zero-order valence-electron chi connectivity index (χ0n) is 24.9. The second-order valence-electron chi connectivity index (χ2n) is 12.9. The Morgan fingerprint density at radius 2 is 2.05 bits per heavy atom. The highest BCUT2D eigenvalue weighted by molar-refractivity contribution is 7.16. The average molecular weight is 626 g/mol. The van der Waals surface area contributed by atoms with Gasteiger partial charge in [-0.25, -0.2) is 4.39 Å². The number of anilines is 2. The van der Waals surface area contributed by atoms with Crippen LogP contribution in [0.1, 0.15) is 67.8 Å². The van der Waals surface area contributed by atoms with E-state index in [2.05, 4.69) is 31.1 Å². The number of nitrogen functional groups attached to an aromatic ring is 1. The molecule has 3 aromatic heterocycles. The van der Waals surface area contributed by atoms with E-state index in [-0.39, 0.29) is 48.9 Å². The van der Waals surface area contributed by atoms with E-state index in [1.807, 2.05) is 11.8 Å². The Hall–Kier alpha value is -3.45. The number of fused-ring (bicyclic) bond motifs is 2. The SMILES string of the molecule is C[C@]1(O)COCCN(c2nc(OC[C@@]34CCCN3C[C@H](F)C4)nc(-c3noc([C@@]4(C)CCCc5sc(N)c(C#N)c54)n3)n2)C1. The highest BCUT2D eigenvalue weighted by Gasteiger charge is 2.49. The van der Waals surface area contributed by atoms with Crippen LogP contribution in [0.4, 0.5) is 15.3 Å². The highest BCUT2D eigenvalue weighted by Crippen LogP contribution is 2.48. The molecular formula is C29H36FN9O4S. The fraction of sp³-hybridized carbons (Fsp3) is 0.655. The van der Waals surface area contributed by atoms with E-state index >= 15 is 0 Å². The molecule has 3 aliphatic heterocycles. The van der Waals surface area contributed by atoms with E-state index in [1.165, 1.54) is 11.3 Å². The van der Waals surface area contributed by atoms with E-state index in [9.17, 15) is 14.8 Å². The maximum Gasteiger partial charge on any atom is 0.321 e. The number of nitrogens with two attached hydrogens (primary N) is 1. The van der Waals surface area contributed by atoms with Crippen LogP contribution in [-0.2, 0) is 16.6 Å². The molecule has 3 fully saturated rings. The minimum atomic E-state index is -1.12. The van der Waals surface area contributed by atoms with Crippen LogP contribution in [0.15, 0.2) is 4.52 Å². The van der Waals surface area contributed by atoms with Crippen molar-refractivity contribution in [3.05, 3.63) is 21.9 Å². The van der Waals surface area contributed by atoms with E-state index in [0.29, 0.717) is 49.0 Å². The molecule has 234 valence electrons. The largest absolute Gasteiger partial charge is 0.461 e. The normalized spacial score (nSPS) is 30.5. The van der Waals surface area contributed by atoms with Crippen LogP contribution < -0.4 is 15.4 Å². The monoisotopic (exact) mass is 625 g/mol. The van der Waals surface area contributed by atoms with Gasteiger partial charge < -0.3 is 29.7 Å². The van der Waals surface area contributed by atoms with Gasteiger partial charge in [0.05, 0.1) is 36.3 Å². The topological polar surface area (TPSA) is 173 Å². The Bertz CT molecular complexity index is 1610. The molecule has 0 spiro atoms. The van der Waals surface area contributed by atoms with Gasteiger partial charge in [-0.15, -0.1) is 11.3 Å². The lowest BCUT2D eigenvalue weighted by Gasteiger charge is -2.31. The fourth-order valence-electron chi connectivity index (χ4n) is 7.32. The number of hydrogen-bond donors (Lipinski definition) is 2. The van der Waals surface area contributed by atoms with Crippen molar-refractivity contribution in [2.45, 2.75) is 75.1 Å². The molecule has 7 rings (SSSR count). The second-order valence-corrected chi connectivity index (χ2v) is 14.1. The summed E-state index contributed by atoms with van der Waals surface area (Å²) in [5, 5.41) is 25.5. The summed E-state index contributed by atoms with van der Waals surface area (Å²) in [6, 6.07) is 2.33. The van der Waals surface area contributed by atoms with Crippen molar-refractivity contribution < 1.29 is 23.5 Å². The lowest BCUT2D eigenvalue weighted by molar-refractivity contribution is -0.0123. The predicted molar refractivity (Wildman–Crippen MR) is 158 cm³/mol. The number of halogens is 1. The number of thiophene rings is 1. The summed E-state index contributed by atoms with van der Waals surface area (Å²) in [6.45, 7) is 6.41. The Labute approximate surface area is 258 Å². The van der Waals surface area contributed by atoms with Crippen molar-refractivity contribution in [2.75, 3.05) is 56.6 Å². The first-order chi connectivity index (χ1) is 21.1. The van der Waals surface area contributed by atoms with Crippen molar-refractivity contribution in [1.29, 1.82) is 5.26 Å². The molecule has 4 atom stereocenters. The van der Waals surface area contributed by atoms with Crippen LogP contribution in [0.3, 0.4) is 0 Å². The molecule has 44 heavy (non-hydrogen) atoms. The van der Waals surface area contributed by atoms with Gasteiger partial charge in [0, 0.05) is 30.0 Å². The maximum atomic E-state index is 14.4. The maximum absolute atomic E-state index is 14.4. The van der Waals surface area contributed by atoms with Gasteiger partial charge in [-0.1, -0.05) is 5.16 Å².